The quantitative estimate of drug-likeness (QED) is 0.626. The molecule has 2 aliphatic rings. The summed E-state index contributed by atoms with van der Waals surface area (Å²) in [5.74, 6) is -0.504. The lowest BCUT2D eigenvalue weighted by Gasteiger charge is -2.40. The molecule has 2 heterocycles. The summed E-state index contributed by atoms with van der Waals surface area (Å²) in [6.45, 7) is 6.92. The zero-order valence-electron chi connectivity index (χ0n) is 19.5. The molecular weight excluding hydrogens is 454 g/mol. The van der Waals surface area contributed by atoms with Gasteiger partial charge in [-0.3, -0.25) is 19.3 Å². The molecule has 4 rings (SSSR count). The molecule has 1 unspecified atom stereocenters. The van der Waals surface area contributed by atoms with Crippen molar-refractivity contribution < 1.29 is 14.4 Å². The van der Waals surface area contributed by atoms with Crippen LogP contribution in [0.15, 0.2) is 24.4 Å². The fourth-order valence-electron chi connectivity index (χ4n) is 4.65. The second-order valence-electron chi connectivity index (χ2n) is 9.40. The van der Waals surface area contributed by atoms with Crippen LogP contribution in [-0.2, 0) is 11.3 Å². The minimum atomic E-state index is -0.701. The molecule has 1 saturated heterocycles. The van der Waals surface area contributed by atoms with Gasteiger partial charge >= 0.3 is 0 Å². The van der Waals surface area contributed by atoms with Crippen molar-refractivity contribution in [1.82, 2.24) is 14.8 Å². The number of rotatable bonds is 7. The van der Waals surface area contributed by atoms with E-state index in [4.69, 9.17) is 23.1 Å². The van der Waals surface area contributed by atoms with E-state index in [1.54, 1.807) is 6.07 Å². The molecule has 180 valence electrons. The number of halogens is 1. The van der Waals surface area contributed by atoms with Crippen LogP contribution >= 0.6 is 11.6 Å². The summed E-state index contributed by atoms with van der Waals surface area (Å²) in [6.07, 6.45) is 4.26. The Morgan fingerprint density at radius 1 is 1.09 bits per heavy atom. The van der Waals surface area contributed by atoms with Crippen molar-refractivity contribution in [2.45, 2.75) is 45.7 Å². The maximum absolute atomic E-state index is 12.6. The number of amides is 3. The average molecular weight is 484 g/mol. The summed E-state index contributed by atoms with van der Waals surface area (Å²) < 4.78 is 0. The molecule has 1 aromatic heterocycles. The topological polar surface area (TPSA) is 123 Å². The molecule has 1 aromatic carbocycles. The number of nitrogens with two attached hydrogens (primary N) is 2. The van der Waals surface area contributed by atoms with Crippen molar-refractivity contribution in [2.24, 2.45) is 17.4 Å². The Balaban J connectivity index is 1.58. The van der Waals surface area contributed by atoms with Gasteiger partial charge in [-0.1, -0.05) is 11.6 Å². The lowest BCUT2D eigenvalue weighted by atomic mass is 9.93. The van der Waals surface area contributed by atoms with Crippen LogP contribution in [0.5, 0.6) is 0 Å². The molecule has 2 fully saturated rings. The third-order valence-electron chi connectivity index (χ3n) is 6.76. The van der Waals surface area contributed by atoms with Crippen LogP contribution in [-0.4, -0.2) is 58.2 Å². The normalized spacial score (nSPS) is 18.7. The van der Waals surface area contributed by atoms with Gasteiger partial charge < -0.3 is 16.4 Å². The zero-order chi connectivity index (χ0) is 24.6. The summed E-state index contributed by atoms with van der Waals surface area (Å²) in [5, 5.41) is 0.502. The van der Waals surface area contributed by atoms with E-state index in [9.17, 15) is 14.4 Å². The van der Waals surface area contributed by atoms with Crippen molar-refractivity contribution in [2.75, 3.05) is 19.6 Å². The van der Waals surface area contributed by atoms with Gasteiger partial charge in [0.15, 0.2) is 0 Å². The molecular formula is C25H30ClN5O3. The first-order valence-corrected chi connectivity index (χ1v) is 11.9. The fourth-order valence-corrected chi connectivity index (χ4v) is 4.90. The second-order valence-corrected chi connectivity index (χ2v) is 9.84. The number of primary amides is 2. The lowest BCUT2D eigenvalue weighted by molar-refractivity contribution is -0.136. The van der Waals surface area contributed by atoms with Crippen molar-refractivity contribution in [3.63, 3.8) is 0 Å². The van der Waals surface area contributed by atoms with Crippen molar-refractivity contribution in [1.29, 1.82) is 0 Å². The highest BCUT2D eigenvalue weighted by atomic mass is 35.5. The third-order valence-corrected chi connectivity index (χ3v) is 6.98. The smallest absolute Gasteiger partial charge is 0.267 e. The van der Waals surface area contributed by atoms with Crippen molar-refractivity contribution in [3.05, 3.63) is 51.8 Å². The van der Waals surface area contributed by atoms with Gasteiger partial charge in [0, 0.05) is 55.4 Å². The first-order chi connectivity index (χ1) is 16.1. The molecule has 0 radical (unpaired) electrons. The molecule has 2 aromatic rings. The van der Waals surface area contributed by atoms with Crippen molar-refractivity contribution >= 4 is 29.3 Å². The Hall–Kier alpha value is -2.97. The van der Waals surface area contributed by atoms with Crippen LogP contribution < -0.4 is 11.5 Å². The molecule has 1 saturated carbocycles. The molecule has 1 aliphatic heterocycles. The van der Waals surface area contributed by atoms with E-state index in [-0.39, 0.29) is 23.2 Å². The first-order valence-electron chi connectivity index (χ1n) is 11.5. The number of hydrogen-bond acceptors (Lipinski definition) is 5. The molecule has 0 spiro atoms. The van der Waals surface area contributed by atoms with Gasteiger partial charge in [-0.05, 0) is 67.5 Å². The summed E-state index contributed by atoms with van der Waals surface area (Å²) in [6, 6.07) is 5.32. The van der Waals surface area contributed by atoms with E-state index in [1.165, 1.54) is 25.1 Å². The Bertz CT molecular complexity index is 1150. The van der Waals surface area contributed by atoms with E-state index in [1.807, 2.05) is 17.9 Å². The van der Waals surface area contributed by atoms with Crippen LogP contribution in [0, 0.1) is 12.8 Å². The molecule has 9 heteroatoms. The standard InChI is InChI=1S/C25H30ClN5O3/c1-14-12-30(5-6-31(14)22(32)7-16-3-4-16)13-18-8-19(26)10-20(15(18)2)21-9-17(24(27)33)11-29-23(21)25(28)34/h8-11,14,16H,3-7,12-13H2,1-2H3,(H2,27,33)(H2,28,34). The summed E-state index contributed by atoms with van der Waals surface area (Å²) >= 11 is 6.47. The minimum absolute atomic E-state index is 0.0535. The minimum Gasteiger partial charge on any atom is -0.366 e. The second kappa shape index (κ2) is 9.72. The van der Waals surface area contributed by atoms with E-state index in [2.05, 4.69) is 16.8 Å². The predicted octanol–water partition coefficient (Wildman–Crippen LogP) is 2.74. The van der Waals surface area contributed by atoms with Gasteiger partial charge in [0.25, 0.3) is 5.91 Å². The van der Waals surface area contributed by atoms with E-state index >= 15 is 0 Å². The Morgan fingerprint density at radius 3 is 2.44 bits per heavy atom. The third kappa shape index (κ3) is 5.23. The van der Waals surface area contributed by atoms with Gasteiger partial charge in [0.1, 0.15) is 5.69 Å². The first kappa shape index (κ1) is 24.2. The van der Waals surface area contributed by atoms with E-state index in [0.29, 0.717) is 41.6 Å². The van der Waals surface area contributed by atoms with Crippen LogP contribution in [0.25, 0.3) is 11.1 Å². The van der Waals surface area contributed by atoms with Crippen LogP contribution in [0.1, 0.15) is 58.2 Å². The Morgan fingerprint density at radius 2 is 1.82 bits per heavy atom. The van der Waals surface area contributed by atoms with Crippen molar-refractivity contribution in [3.8, 4) is 11.1 Å². The maximum atomic E-state index is 12.6. The van der Waals surface area contributed by atoms with Gasteiger partial charge in [0.2, 0.25) is 11.8 Å². The number of piperazine rings is 1. The largest absolute Gasteiger partial charge is 0.366 e. The molecule has 0 bridgehead atoms. The van der Waals surface area contributed by atoms with Gasteiger partial charge in [0.05, 0.1) is 5.56 Å². The van der Waals surface area contributed by atoms with Crippen LogP contribution in [0.3, 0.4) is 0 Å². The van der Waals surface area contributed by atoms with Gasteiger partial charge in [-0.2, -0.15) is 0 Å². The number of hydrogen-bond donors (Lipinski definition) is 2. The number of carbonyl (C=O) groups excluding carboxylic acids is 3. The number of aromatic nitrogens is 1. The number of benzene rings is 1. The van der Waals surface area contributed by atoms with Crippen LogP contribution in [0.2, 0.25) is 5.02 Å². The van der Waals surface area contributed by atoms with Gasteiger partial charge in [-0.25, -0.2) is 4.98 Å². The van der Waals surface area contributed by atoms with Crippen LogP contribution in [0.4, 0.5) is 0 Å². The SMILES string of the molecule is Cc1c(CN2CCN(C(=O)CC3CC3)C(C)C2)cc(Cl)cc1-c1cc(C(N)=O)cnc1C(N)=O. The lowest BCUT2D eigenvalue weighted by Crippen LogP contribution is -2.53. The molecule has 8 nitrogen and oxygen atoms in total. The highest BCUT2D eigenvalue weighted by molar-refractivity contribution is 6.31. The van der Waals surface area contributed by atoms with Gasteiger partial charge in [-0.15, -0.1) is 0 Å². The Labute approximate surface area is 204 Å². The average Bonchev–Trinajstić information content (AvgIpc) is 3.59. The monoisotopic (exact) mass is 483 g/mol. The highest BCUT2D eigenvalue weighted by Crippen LogP contribution is 2.34. The molecule has 4 N–H and O–H groups in total. The molecule has 3 amide bonds. The Kier molecular flexibility index (Phi) is 6.91. The number of nitrogens with zero attached hydrogens (tertiary/aromatic N) is 3. The predicted molar refractivity (Wildman–Crippen MR) is 130 cm³/mol. The molecule has 1 aliphatic carbocycles. The number of pyridine rings is 1. The fraction of sp³-hybridized carbons (Fsp3) is 0.440. The maximum Gasteiger partial charge on any atom is 0.267 e. The molecule has 1 atom stereocenters. The summed E-state index contributed by atoms with van der Waals surface area (Å²) in [5.41, 5.74) is 14.2. The van der Waals surface area contributed by atoms with E-state index in [0.717, 1.165) is 24.2 Å². The summed E-state index contributed by atoms with van der Waals surface area (Å²) in [7, 11) is 0. The molecule has 34 heavy (non-hydrogen) atoms. The highest BCUT2D eigenvalue weighted by Gasteiger charge is 2.32. The van der Waals surface area contributed by atoms with E-state index < -0.39 is 11.8 Å². The number of carbonyl (C=O) groups is 3. The zero-order valence-corrected chi connectivity index (χ0v) is 20.3. The summed E-state index contributed by atoms with van der Waals surface area (Å²) in [4.78, 5) is 44.8.